The maximum Gasteiger partial charge on any atom is 0.131 e. The molecule has 0 amide bonds. The van der Waals surface area contributed by atoms with Gasteiger partial charge in [0.25, 0.3) is 0 Å². The second-order valence-electron chi connectivity index (χ2n) is 5.79. The van der Waals surface area contributed by atoms with Gasteiger partial charge in [0.15, 0.2) is 0 Å². The van der Waals surface area contributed by atoms with Crippen molar-refractivity contribution in [3.05, 3.63) is 23.9 Å². The first kappa shape index (κ1) is 15.3. The topological polar surface area (TPSA) is 51.4 Å². The van der Waals surface area contributed by atoms with E-state index in [1.54, 1.807) is 0 Å². The fourth-order valence-electron chi connectivity index (χ4n) is 2.76. The Morgan fingerprint density at radius 3 is 2.90 bits per heavy atom. The number of hydrogen-bond acceptors (Lipinski definition) is 4. The molecule has 4 nitrogen and oxygen atoms in total. The zero-order valence-electron chi connectivity index (χ0n) is 12.7. The zero-order chi connectivity index (χ0) is 14.4. The van der Waals surface area contributed by atoms with E-state index in [2.05, 4.69) is 29.9 Å². The first-order valence-electron chi connectivity index (χ1n) is 7.69. The van der Waals surface area contributed by atoms with Gasteiger partial charge in [0, 0.05) is 39.0 Å². The van der Waals surface area contributed by atoms with Crippen molar-refractivity contribution in [2.24, 2.45) is 11.7 Å². The molecular weight excluding hydrogens is 250 g/mol. The lowest BCUT2D eigenvalue weighted by Crippen LogP contribution is -2.31. The summed E-state index contributed by atoms with van der Waals surface area (Å²) in [5, 5.41) is 0. The first-order chi connectivity index (χ1) is 9.70. The highest BCUT2D eigenvalue weighted by Gasteiger charge is 2.18. The lowest BCUT2D eigenvalue weighted by atomic mass is 9.99. The lowest BCUT2D eigenvalue weighted by Gasteiger charge is -2.29. The van der Waals surface area contributed by atoms with Gasteiger partial charge in [-0.15, -0.1) is 0 Å². The monoisotopic (exact) mass is 277 g/mol. The third-order valence-electron chi connectivity index (χ3n) is 4.11. The van der Waals surface area contributed by atoms with Crippen LogP contribution in [0.4, 0.5) is 5.82 Å². The van der Waals surface area contributed by atoms with Crippen molar-refractivity contribution in [2.75, 3.05) is 31.7 Å². The molecular formula is C16H27N3O. The van der Waals surface area contributed by atoms with Crippen molar-refractivity contribution >= 4 is 5.82 Å². The van der Waals surface area contributed by atoms with E-state index in [4.69, 9.17) is 10.5 Å². The molecule has 1 unspecified atom stereocenters. The van der Waals surface area contributed by atoms with Crippen LogP contribution in [0.1, 0.15) is 31.7 Å². The van der Waals surface area contributed by atoms with Crippen LogP contribution in [0.3, 0.4) is 0 Å². The number of ether oxygens (including phenoxy) is 1. The van der Waals surface area contributed by atoms with Crippen molar-refractivity contribution in [2.45, 2.75) is 38.6 Å². The molecule has 0 aromatic carbocycles. The average Bonchev–Trinajstić information content (AvgIpc) is 2.48. The lowest BCUT2D eigenvalue weighted by molar-refractivity contribution is 0.0685. The smallest absolute Gasteiger partial charge is 0.131 e. The van der Waals surface area contributed by atoms with Gasteiger partial charge in [-0.25, -0.2) is 4.98 Å². The Bertz CT molecular complexity index is 404. The number of aromatic nitrogens is 1. The summed E-state index contributed by atoms with van der Waals surface area (Å²) in [4.78, 5) is 6.86. The maximum atomic E-state index is 6.10. The fourth-order valence-corrected chi connectivity index (χ4v) is 2.76. The van der Waals surface area contributed by atoms with E-state index >= 15 is 0 Å². The normalized spacial score (nSPS) is 17.9. The summed E-state index contributed by atoms with van der Waals surface area (Å²) in [6.07, 6.45) is 6.08. The van der Waals surface area contributed by atoms with Crippen LogP contribution >= 0.6 is 0 Å². The summed E-state index contributed by atoms with van der Waals surface area (Å²) in [7, 11) is 2.14. The third-order valence-corrected chi connectivity index (χ3v) is 4.11. The van der Waals surface area contributed by atoms with Crippen LogP contribution in [0.15, 0.2) is 18.3 Å². The van der Waals surface area contributed by atoms with Crippen LogP contribution in [-0.2, 0) is 11.2 Å². The van der Waals surface area contributed by atoms with Crippen LogP contribution in [0, 0.1) is 5.92 Å². The van der Waals surface area contributed by atoms with E-state index in [-0.39, 0.29) is 6.04 Å². The largest absolute Gasteiger partial charge is 0.381 e. The molecule has 4 heteroatoms. The van der Waals surface area contributed by atoms with E-state index in [0.717, 1.165) is 51.3 Å². The molecule has 1 atom stereocenters. The minimum Gasteiger partial charge on any atom is -0.381 e. The zero-order valence-corrected chi connectivity index (χ0v) is 12.7. The van der Waals surface area contributed by atoms with Gasteiger partial charge in [-0.05, 0) is 43.2 Å². The minimum atomic E-state index is 0.217. The molecule has 2 N–H and O–H groups in total. The molecule has 0 aliphatic carbocycles. The highest BCUT2D eigenvalue weighted by atomic mass is 16.5. The second kappa shape index (κ2) is 7.60. The maximum absolute atomic E-state index is 6.10. The summed E-state index contributed by atoms with van der Waals surface area (Å²) in [5.41, 5.74) is 7.36. The average molecular weight is 277 g/mol. The molecule has 2 rings (SSSR count). The van der Waals surface area contributed by atoms with Crippen LogP contribution in [0.25, 0.3) is 0 Å². The highest BCUT2D eigenvalue weighted by molar-refractivity contribution is 5.46. The van der Waals surface area contributed by atoms with Gasteiger partial charge in [0.05, 0.1) is 0 Å². The Kier molecular flexibility index (Phi) is 5.80. The van der Waals surface area contributed by atoms with Gasteiger partial charge in [-0.3, -0.25) is 0 Å². The summed E-state index contributed by atoms with van der Waals surface area (Å²) in [6, 6.07) is 4.37. The molecule has 112 valence electrons. The van der Waals surface area contributed by atoms with Crippen molar-refractivity contribution in [3.8, 4) is 0 Å². The predicted octanol–water partition coefficient (Wildman–Crippen LogP) is 2.22. The molecule has 1 aliphatic rings. The van der Waals surface area contributed by atoms with Crippen LogP contribution in [0.2, 0.25) is 0 Å². The Balaban J connectivity index is 2.02. The summed E-state index contributed by atoms with van der Waals surface area (Å²) >= 11 is 0. The number of pyridine rings is 1. The van der Waals surface area contributed by atoms with Crippen LogP contribution in [0.5, 0.6) is 0 Å². The summed E-state index contributed by atoms with van der Waals surface area (Å²) in [5.74, 6) is 1.80. The summed E-state index contributed by atoms with van der Waals surface area (Å²) < 4.78 is 5.43. The standard InChI is InChI=1S/C16H27N3O/c1-3-15(17)11-14-5-4-8-18-16(14)19(2)12-13-6-9-20-10-7-13/h4-5,8,13,15H,3,6-7,9-12,17H2,1-2H3. The molecule has 0 spiro atoms. The van der Waals surface area contributed by atoms with E-state index in [1.807, 2.05) is 12.3 Å². The summed E-state index contributed by atoms with van der Waals surface area (Å²) in [6.45, 7) is 4.98. The predicted molar refractivity (Wildman–Crippen MR) is 83.0 cm³/mol. The molecule has 1 aromatic rings. The molecule has 2 heterocycles. The van der Waals surface area contributed by atoms with E-state index < -0.39 is 0 Å². The quantitative estimate of drug-likeness (QED) is 0.866. The van der Waals surface area contributed by atoms with Gasteiger partial charge in [0.1, 0.15) is 5.82 Å². The third kappa shape index (κ3) is 4.18. The van der Waals surface area contributed by atoms with E-state index in [0.29, 0.717) is 5.92 Å². The van der Waals surface area contributed by atoms with Crippen molar-refractivity contribution in [1.29, 1.82) is 0 Å². The number of anilines is 1. The molecule has 0 saturated carbocycles. The van der Waals surface area contributed by atoms with E-state index in [9.17, 15) is 0 Å². The second-order valence-corrected chi connectivity index (χ2v) is 5.79. The van der Waals surface area contributed by atoms with E-state index in [1.165, 1.54) is 5.56 Å². The number of rotatable bonds is 6. The Morgan fingerprint density at radius 2 is 2.20 bits per heavy atom. The van der Waals surface area contributed by atoms with Gasteiger partial charge < -0.3 is 15.4 Å². The number of nitrogens with zero attached hydrogens (tertiary/aromatic N) is 2. The number of hydrogen-bond donors (Lipinski definition) is 1. The SMILES string of the molecule is CCC(N)Cc1cccnc1N(C)CC1CCOCC1. The van der Waals surface area contributed by atoms with Gasteiger partial charge >= 0.3 is 0 Å². The first-order valence-corrected chi connectivity index (χ1v) is 7.69. The van der Waals surface area contributed by atoms with Crippen LogP contribution < -0.4 is 10.6 Å². The molecule has 20 heavy (non-hydrogen) atoms. The van der Waals surface area contributed by atoms with Crippen molar-refractivity contribution in [1.82, 2.24) is 4.98 Å². The Morgan fingerprint density at radius 1 is 1.45 bits per heavy atom. The Labute approximate surface area is 122 Å². The van der Waals surface area contributed by atoms with Gasteiger partial charge in [-0.2, -0.15) is 0 Å². The minimum absolute atomic E-state index is 0.217. The molecule has 0 radical (unpaired) electrons. The fraction of sp³-hybridized carbons (Fsp3) is 0.688. The van der Waals surface area contributed by atoms with Crippen molar-refractivity contribution in [3.63, 3.8) is 0 Å². The molecule has 0 bridgehead atoms. The van der Waals surface area contributed by atoms with Crippen LogP contribution in [-0.4, -0.2) is 37.8 Å². The van der Waals surface area contributed by atoms with Gasteiger partial charge in [0.2, 0.25) is 0 Å². The molecule has 1 saturated heterocycles. The molecule has 1 aromatic heterocycles. The highest BCUT2D eigenvalue weighted by Crippen LogP contribution is 2.22. The number of nitrogens with two attached hydrogens (primary N) is 1. The van der Waals surface area contributed by atoms with Gasteiger partial charge in [-0.1, -0.05) is 13.0 Å². The molecule has 1 aliphatic heterocycles. The molecule has 1 fully saturated rings. The van der Waals surface area contributed by atoms with Crippen molar-refractivity contribution < 1.29 is 4.74 Å². The Hall–Kier alpha value is -1.13.